The van der Waals surface area contributed by atoms with Crippen molar-refractivity contribution in [1.82, 2.24) is 4.90 Å². The van der Waals surface area contributed by atoms with Crippen LogP contribution in [0.4, 0.5) is 0 Å². The smallest absolute Gasteiger partial charge is 0.308 e. The van der Waals surface area contributed by atoms with Crippen molar-refractivity contribution in [3.05, 3.63) is 0 Å². The second-order valence-electron chi connectivity index (χ2n) is 4.94. The second kappa shape index (κ2) is 4.85. The van der Waals surface area contributed by atoms with Gasteiger partial charge in [-0.2, -0.15) is 0 Å². The monoisotopic (exact) mass is 225 g/mol. The number of amides is 1. The third-order valence-electron chi connectivity index (χ3n) is 3.80. The minimum Gasteiger partial charge on any atom is -0.481 e. The Morgan fingerprint density at radius 2 is 1.69 bits per heavy atom. The largest absolute Gasteiger partial charge is 0.481 e. The van der Waals surface area contributed by atoms with Gasteiger partial charge in [-0.25, -0.2) is 0 Å². The predicted octanol–water partition coefficient (Wildman–Crippen LogP) is 1.50. The van der Waals surface area contributed by atoms with Gasteiger partial charge in [0.05, 0.1) is 5.92 Å². The van der Waals surface area contributed by atoms with E-state index < -0.39 is 5.97 Å². The first-order chi connectivity index (χ1) is 7.68. The third-order valence-corrected chi connectivity index (χ3v) is 3.80. The zero-order valence-electron chi connectivity index (χ0n) is 9.52. The Balaban J connectivity index is 1.88. The van der Waals surface area contributed by atoms with Gasteiger partial charge in [-0.05, 0) is 19.3 Å². The van der Waals surface area contributed by atoms with Gasteiger partial charge in [0.25, 0.3) is 0 Å². The van der Waals surface area contributed by atoms with E-state index in [0.717, 1.165) is 25.7 Å². The van der Waals surface area contributed by atoms with E-state index >= 15 is 0 Å². The summed E-state index contributed by atoms with van der Waals surface area (Å²) in [5, 5.41) is 8.89. The van der Waals surface area contributed by atoms with Crippen molar-refractivity contribution in [3.8, 4) is 0 Å². The molecule has 4 heteroatoms. The number of hydrogen-bond donors (Lipinski definition) is 1. The van der Waals surface area contributed by atoms with Crippen molar-refractivity contribution in [1.29, 1.82) is 0 Å². The van der Waals surface area contributed by atoms with Crippen LogP contribution < -0.4 is 0 Å². The molecule has 2 fully saturated rings. The summed E-state index contributed by atoms with van der Waals surface area (Å²) in [6.07, 6.45) is 6.13. The molecule has 1 aliphatic carbocycles. The Morgan fingerprint density at radius 3 is 2.25 bits per heavy atom. The molecule has 16 heavy (non-hydrogen) atoms. The van der Waals surface area contributed by atoms with E-state index in [-0.39, 0.29) is 17.7 Å². The molecular weight excluding hydrogens is 206 g/mol. The van der Waals surface area contributed by atoms with Gasteiger partial charge >= 0.3 is 5.97 Å². The van der Waals surface area contributed by atoms with Crippen molar-refractivity contribution in [3.63, 3.8) is 0 Å². The van der Waals surface area contributed by atoms with Crippen LogP contribution in [0.5, 0.6) is 0 Å². The highest BCUT2D eigenvalue weighted by molar-refractivity contribution is 5.80. The first-order valence-corrected chi connectivity index (χ1v) is 6.20. The number of carboxylic acid groups (broad SMARTS) is 1. The zero-order chi connectivity index (χ0) is 11.5. The van der Waals surface area contributed by atoms with Crippen LogP contribution in [0, 0.1) is 11.8 Å². The first kappa shape index (κ1) is 11.4. The van der Waals surface area contributed by atoms with Crippen LogP contribution in [-0.2, 0) is 9.59 Å². The lowest BCUT2D eigenvalue weighted by Gasteiger charge is -2.26. The lowest BCUT2D eigenvalue weighted by Crippen LogP contribution is -2.36. The standard InChI is InChI=1S/C12H19NO3/c14-11(9-4-2-1-3-5-9)13-7-6-10(8-13)12(15)16/h9-10H,1-8H2,(H,15,16)/t10-/m1/s1. The molecule has 1 saturated carbocycles. The van der Waals surface area contributed by atoms with Gasteiger partial charge in [-0.15, -0.1) is 0 Å². The number of carbonyl (C=O) groups is 2. The Hall–Kier alpha value is -1.06. The Labute approximate surface area is 95.6 Å². The summed E-state index contributed by atoms with van der Waals surface area (Å²) in [6, 6.07) is 0. The van der Waals surface area contributed by atoms with Gasteiger partial charge in [-0.1, -0.05) is 19.3 Å². The van der Waals surface area contributed by atoms with Gasteiger partial charge in [0, 0.05) is 19.0 Å². The summed E-state index contributed by atoms with van der Waals surface area (Å²) in [5.41, 5.74) is 0. The van der Waals surface area contributed by atoms with Gasteiger partial charge < -0.3 is 10.0 Å². The molecule has 0 aromatic rings. The lowest BCUT2D eigenvalue weighted by molar-refractivity contribution is -0.141. The van der Waals surface area contributed by atoms with E-state index in [1.54, 1.807) is 4.90 Å². The fraction of sp³-hybridized carbons (Fsp3) is 0.833. The number of hydrogen-bond acceptors (Lipinski definition) is 2. The van der Waals surface area contributed by atoms with E-state index in [1.165, 1.54) is 6.42 Å². The van der Waals surface area contributed by atoms with Gasteiger partial charge in [-0.3, -0.25) is 9.59 Å². The maximum Gasteiger partial charge on any atom is 0.308 e. The molecule has 0 aromatic heterocycles. The average Bonchev–Trinajstić information content (AvgIpc) is 2.78. The molecule has 1 amide bonds. The molecule has 1 N–H and O–H groups in total. The lowest BCUT2D eigenvalue weighted by atomic mass is 9.88. The van der Waals surface area contributed by atoms with Gasteiger partial charge in [0.15, 0.2) is 0 Å². The third kappa shape index (κ3) is 2.36. The summed E-state index contributed by atoms with van der Waals surface area (Å²) < 4.78 is 0. The van der Waals surface area contributed by atoms with Crippen molar-refractivity contribution in [2.45, 2.75) is 38.5 Å². The van der Waals surface area contributed by atoms with E-state index in [2.05, 4.69) is 0 Å². The number of rotatable bonds is 2. The highest BCUT2D eigenvalue weighted by atomic mass is 16.4. The van der Waals surface area contributed by atoms with Crippen molar-refractivity contribution >= 4 is 11.9 Å². The van der Waals surface area contributed by atoms with Crippen LogP contribution in [0.25, 0.3) is 0 Å². The van der Waals surface area contributed by atoms with Crippen LogP contribution in [0.15, 0.2) is 0 Å². The highest BCUT2D eigenvalue weighted by Gasteiger charge is 2.34. The molecule has 4 nitrogen and oxygen atoms in total. The molecule has 1 atom stereocenters. The molecule has 1 saturated heterocycles. The predicted molar refractivity (Wildman–Crippen MR) is 58.9 cm³/mol. The summed E-state index contributed by atoms with van der Waals surface area (Å²) in [6.45, 7) is 1.05. The van der Waals surface area contributed by atoms with Crippen LogP contribution >= 0.6 is 0 Å². The maximum absolute atomic E-state index is 12.1. The number of likely N-dealkylation sites (tertiary alicyclic amines) is 1. The summed E-state index contributed by atoms with van der Waals surface area (Å²) in [5.74, 6) is -0.740. The van der Waals surface area contributed by atoms with Crippen LogP contribution in [-0.4, -0.2) is 35.0 Å². The maximum atomic E-state index is 12.1. The normalized spacial score (nSPS) is 27.0. The van der Waals surface area contributed by atoms with E-state index in [0.29, 0.717) is 19.5 Å². The first-order valence-electron chi connectivity index (χ1n) is 6.20. The molecule has 0 spiro atoms. The molecule has 90 valence electrons. The fourth-order valence-electron chi connectivity index (χ4n) is 2.77. The van der Waals surface area contributed by atoms with Gasteiger partial charge in [0.1, 0.15) is 0 Å². The van der Waals surface area contributed by atoms with E-state index in [4.69, 9.17) is 5.11 Å². The molecule has 2 aliphatic rings. The SMILES string of the molecule is O=C(O)[C@@H]1CCN(C(=O)C2CCCCC2)C1. The number of aliphatic carboxylic acids is 1. The Bertz CT molecular complexity index is 284. The molecule has 0 bridgehead atoms. The molecule has 1 aliphatic heterocycles. The topological polar surface area (TPSA) is 57.6 Å². The molecule has 1 heterocycles. The number of carboxylic acids is 1. The zero-order valence-corrected chi connectivity index (χ0v) is 9.52. The number of carbonyl (C=O) groups excluding carboxylic acids is 1. The van der Waals surface area contributed by atoms with Crippen LogP contribution in [0.2, 0.25) is 0 Å². The van der Waals surface area contributed by atoms with Gasteiger partial charge in [0.2, 0.25) is 5.91 Å². The molecule has 0 aromatic carbocycles. The molecule has 2 rings (SSSR count). The fourth-order valence-corrected chi connectivity index (χ4v) is 2.77. The summed E-state index contributed by atoms with van der Waals surface area (Å²) in [7, 11) is 0. The second-order valence-corrected chi connectivity index (χ2v) is 4.94. The highest BCUT2D eigenvalue weighted by Crippen LogP contribution is 2.27. The van der Waals surface area contributed by atoms with E-state index in [9.17, 15) is 9.59 Å². The Morgan fingerprint density at radius 1 is 1.00 bits per heavy atom. The quantitative estimate of drug-likeness (QED) is 0.774. The minimum atomic E-state index is -0.765. The minimum absolute atomic E-state index is 0.168. The Kier molecular flexibility index (Phi) is 3.46. The van der Waals surface area contributed by atoms with E-state index in [1.807, 2.05) is 0 Å². The molecule has 0 radical (unpaired) electrons. The van der Waals surface area contributed by atoms with Crippen LogP contribution in [0.1, 0.15) is 38.5 Å². The van der Waals surface area contributed by atoms with Crippen molar-refractivity contribution in [2.75, 3.05) is 13.1 Å². The summed E-state index contributed by atoms with van der Waals surface area (Å²) in [4.78, 5) is 24.7. The molecule has 0 unspecified atom stereocenters. The van der Waals surface area contributed by atoms with Crippen molar-refractivity contribution < 1.29 is 14.7 Å². The molecular formula is C12H19NO3. The average molecular weight is 225 g/mol. The number of nitrogens with zero attached hydrogens (tertiary/aromatic N) is 1. The van der Waals surface area contributed by atoms with Crippen molar-refractivity contribution in [2.24, 2.45) is 11.8 Å². The summed E-state index contributed by atoms with van der Waals surface area (Å²) >= 11 is 0. The van der Waals surface area contributed by atoms with Crippen LogP contribution in [0.3, 0.4) is 0 Å².